The van der Waals surface area contributed by atoms with Crippen LogP contribution in [0.1, 0.15) is 48.3 Å². The lowest BCUT2D eigenvalue weighted by molar-refractivity contribution is -0.117. The van der Waals surface area contributed by atoms with Gasteiger partial charge < -0.3 is 15.0 Å². The molecule has 5 heteroatoms. The predicted octanol–water partition coefficient (Wildman–Crippen LogP) is 3.59. The molecule has 0 spiro atoms. The highest BCUT2D eigenvalue weighted by molar-refractivity contribution is 6.42. The first-order valence-corrected chi connectivity index (χ1v) is 9.37. The van der Waals surface area contributed by atoms with Crippen molar-refractivity contribution in [3.05, 3.63) is 65.2 Å². The lowest BCUT2D eigenvalue weighted by Gasteiger charge is -2.26. The van der Waals surface area contributed by atoms with Crippen molar-refractivity contribution in [1.29, 1.82) is 0 Å². The number of ether oxygens (including phenoxy) is 1. The van der Waals surface area contributed by atoms with E-state index in [-0.39, 0.29) is 11.5 Å². The van der Waals surface area contributed by atoms with Crippen molar-refractivity contribution in [3.8, 4) is 5.75 Å². The second-order valence-corrected chi connectivity index (χ2v) is 8.09. The minimum absolute atomic E-state index is 0.00247. The lowest BCUT2D eigenvalue weighted by atomic mass is 9.86. The zero-order chi connectivity index (χ0) is 20.9. The van der Waals surface area contributed by atoms with Crippen LogP contribution in [-0.4, -0.2) is 44.3 Å². The average Bonchev–Trinajstić information content (AvgIpc) is 2.67. The van der Waals surface area contributed by atoms with Crippen molar-refractivity contribution in [1.82, 2.24) is 10.2 Å². The van der Waals surface area contributed by atoms with Crippen molar-refractivity contribution in [2.45, 2.75) is 32.2 Å². The molecule has 0 aromatic heterocycles. The second kappa shape index (κ2) is 9.02. The van der Waals surface area contributed by atoms with Crippen LogP contribution in [0.3, 0.4) is 0 Å². The number of nitrogens with zero attached hydrogens (tertiary/aromatic N) is 1. The van der Waals surface area contributed by atoms with Crippen molar-refractivity contribution in [3.63, 3.8) is 0 Å². The van der Waals surface area contributed by atoms with Crippen LogP contribution in [0, 0.1) is 0 Å². The summed E-state index contributed by atoms with van der Waals surface area (Å²) in [6, 6.07) is 14.8. The molecule has 1 atom stereocenters. The number of carbonyl (C=O) groups excluding carboxylic acids is 2. The summed E-state index contributed by atoms with van der Waals surface area (Å²) < 4.78 is 5.43. The summed E-state index contributed by atoms with van der Waals surface area (Å²) in [5.41, 5.74) is 2.46. The van der Waals surface area contributed by atoms with Crippen LogP contribution in [0.25, 0.3) is 0 Å². The predicted molar refractivity (Wildman–Crippen MR) is 112 cm³/mol. The molecule has 1 N–H and O–H groups in total. The van der Waals surface area contributed by atoms with Crippen LogP contribution in [0.5, 0.6) is 5.75 Å². The van der Waals surface area contributed by atoms with Gasteiger partial charge in [-0.1, -0.05) is 63.2 Å². The molecule has 0 saturated heterocycles. The standard InChI is InChI=1S/C23H30N2O3/c1-23(2,3)17-13-11-16(12-14-17)21(26)22(27)24-15-19(25(4)5)18-9-7-8-10-20(18)28-6/h7-14,19H,15H2,1-6H3,(H,24,27). The average molecular weight is 383 g/mol. The Hall–Kier alpha value is -2.66. The van der Waals surface area contributed by atoms with E-state index in [0.29, 0.717) is 12.1 Å². The number of hydrogen-bond donors (Lipinski definition) is 1. The quantitative estimate of drug-likeness (QED) is 0.587. The molecule has 28 heavy (non-hydrogen) atoms. The first kappa shape index (κ1) is 21.6. The van der Waals surface area contributed by atoms with Crippen LogP contribution < -0.4 is 10.1 Å². The number of rotatable bonds is 7. The van der Waals surface area contributed by atoms with Gasteiger partial charge in [0.15, 0.2) is 0 Å². The number of Topliss-reactive ketones (excluding diaryl/α,β-unsaturated/α-hetero) is 1. The Balaban J connectivity index is 2.09. The molecule has 2 aromatic rings. The summed E-state index contributed by atoms with van der Waals surface area (Å²) in [5.74, 6) is -0.386. The fraction of sp³-hybridized carbons (Fsp3) is 0.391. The zero-order valence-electron chi connectivity index (χ0n) is 17.6. The third kappa shape index (κ3) is 5.20. The van der Waals surface area contributed by atoms with Crippen molar-refractivity contribution >= 4 is 11.7 Å². The molecule has 2 rings (SSSR count). The molecule has 150 valence electrons. The first-order chi connectivity index (χ1) is 13.1. The number of hydrogen-bond acceptors (Lipinski definition) is 4. The van der Waals surface area contributed by atoms with Crippen LogP contribution in [0.2, 0.25) is 0 Å². The summed E-state index contributed by atoms with van der Waals surface area (Å²) >= 11 is 0. The van der Waals surface area contributed by atoms with Gasteiger partial charge in [-0.15, -0.1) is 0 Å². The highest BCUT2D eigenvalue weighted by atomic mass is 16.5. The lowest BCUT2D eigenvalue weighted by Crippen LogP contribution is -2.38. The van der Waals surface area contributed by atoms with Gasteiger partial charge in [-0.05, 0) is 31.1 Å². The molecule has 0 saturated carbocycles. The van der Waals surface area contributed by atoms with Crippen molar-refractivity contribution < 1.29 is 14.3 Å². The summed E-state index contributed by atoms with van der Waals surface area (Å²) in [6.45, 7) is 6.62. The molecule has 1 amide bonds. The van der Waals surface area contributed by atoms with Crippen molar-refractivity contribution in [2.24, 2.45) is 0 Å². The molecule has 5 nitrogen and oxygen atoms in total. The summed E-state index contributed by atoms with van der Waals surface area (Å²) in [6.07, 6.45) is 0. The number of benzene rings is 2. The SMILES string of the molecule is COc1ccccc1C(CNC(=O)C(=O)c1ccc(C(C)(C)C)cc1)N(C)C. The summed E-state index contributed by atoms with van der Waals surface area (Å²) in [4.78, 5) is 26.9. The van der Waals surface area contributed by atoms with E-state index < -0.39 is 11.7 Å². The third-order valence-electron chi connectivity index (χ3n) is 4.80. The number of nitrogens with one attached hydrogen (secondary N) is 1. The Morgan fingerprint density at radius 2 is 1.64 bits per heavy atom. The highest BCUT2D eigenvalue weighted by Gasteiger charge is 2.22. The van der Waals surface area contributed by atoms with E-state index in [0.717, 1.165) is 16.9 Å². The normalized spacial score (nSPS) is 12.5. The van der Waals surface area contributed by atoms with Crippen LogP contribution in [0.15, 0.2) is 48.5 Å². The molecule has 0 heterocycles. The Kier molecular flexibility index (Phi) is 6.97. The molecule has 1 unspecified atom stereocenters. The first-order valence-electron chi connectivity index (χ1n) is 9.37. The molecule has 0 aliphatic heterocycles. The van der Waals surface area contributed by atoms with Crippen LogP contribution in [0.4, 0.5) is 0 Å². The van der Waals surface area contributed by atoms with E-state index in [9.17, 15) is 9.59 Å². The molecular formula is C23H30N2O3. The minimum atomic E-state index is -0.606. The number of amides is 1. The minimum Gasteiger partial charge on any atom is -0.496 e. The molecular weight excluding hydrogens is 352 g/mol. The number of likely N-dealkylation sites (N-methyl/N-ethyl adjacent to an activating group) is 1. The maximum Gasteiger partial charge on any atom is 0.292 e. The molecule has 0 fully saturated rings. The fourth-order valence-electron chi connectivity index (χ4n) is 3.03. The van der Waals surface area contributed by atoms with Gasteiger partial charge >= 0.3 is 0 Å². The van der Waals surface area contributed by atoms with Gasteiger partial charge in [-0.25, -0.2) is 0 Å². The molecule has 2 aromatic carbocycles. The van der Waals surface area contributed by atoms with E-state index in [1.165, 1.54) is 0 Å². The van der Waals surface area contributed by atoms with Gasteiger partial charge in [0.1, 0.15) is 5.75 Å². The van der Waals surface area contributed by atoms with E-state index in [1.54, 1.807) is 19.2 Å². The Labute approximate surface area is 167 Å². The maximum absolute atomic E-state index is 12.5. The van der Waals surface area contributed by atoms with Gasteiger partial charge in [-0.3, -0.25) is 9.59 Å². The third-order valence-corrected chi connectivity index (χ3v) is 4.80. The summed E-state index contributed by atoms with van der Waals surface area (Å²) in [5, 5.41) is 2.77. The Bertz CT molecular complexity index is 820. The topological polar surface area (TPSA) is 58.6 Å². The van der Waals surface area contributed by atoms with Gasteiger partial charge in [0.2, 0.25) is 5.78 Å². The Morgan fingerprint density at radius 3 is 2.18 bits per heavy atom. The Morgan fingerprint density at radius 1 is 1.04 bits per heavy atom. The van der Waals surface area contributed by atoms with Gasteiger partial charge in [0.05, 0.1) is 13.2 Å². The number of para-hydroxylation sites is 1. The number of carbonyl (C=O) groups is 2. The monoisotopic (exact) mass is 382 g/mol. The van der Waals surface area contributed by atoms with Crippen LogP contribution >= 0.6 is 0 Å². The smallest absolute Gasteiger partial charge is 0.292 e. The van der Waals surface area contributed by atoms with Crippen LogP contribution in [-0.2, 0) is 10.2 Å². The largest absolute Gasteiger partial charge is 0.496 e. The van der Waals surface area contributed by atoms with Gasteiger partial charge in [0, 0.05) is 17.7 Å². The number of methoxy groups -OCH3 is 1. The van der Waals surface area contributed by atoms with E-state index in [4.69, 9.17) is 4.74 Å². The molecule has 0 aliphatic rings. The zero-order valence-corrected chi connectivity index (χ0v) is 17.6. The second-order valence-electron chi connectivity index (χ2n) is 8.09. The maximum atomic E-state index is 12.5. The molecule has 0 aliphatic carbocycles. The van der Waals surface area contributed by atoms with Crippen molar-refractivity contribution in [2.75, 3.05) is 27.7 Å². The summed E-state index contributed by atoms with van der Waals surface area (Å²) in [7, 11) is 5.47. The van der Waals surface area contributed by atoms with E-state index in [1.807, 2.05) is 55.4 Å². The molecule has 0 radical (unpaired) electrons. The van der Waals surface area contributed by atoms with E-state index >= 15 is 0 Å². The van der Waals surface area contributed by atoms with E-state index in [2.05, 4.69) is 26.1 Å². The number of ketones is 1. The molecule has 0 bridgehead atoms. The fourth-order valence-corrected chi connectivity index (χ4v) is 3.03. The highest BCUT2D eigenvalue weighted by Crippen LogP contribution is 2.27. The van der Waals surface area contributed by atoms with Gasteiger partial charge in [-0.2, -0.15) is 0 Å². The van der Waals surface area contributed by atoms with Gasteiger partial charge in [0.25, 0.3) is 5.91 Å².